The van der Waals surface area contributed by atoms with Crippen LogP contribution in [0.2, 0.25) is 0 Å². The first-order valence-electron chi connectivity index (χ1n) is 5.98. The summed E-state index contributed by atoms with van der Waals surface area (Å²) in [5.74, 6) is -1.91. The second-order valence-electron chi connectivity index (χ2n) is 4.55. The van der Waals surface area contributed by atoms with Crippen molar-refractivity contribution >= 4 is 23.6 Å². The maximum atomic E-state index is 11.9. The molecule has 0 unspecified atom stereocenters. The summed E-state index contributed by atoms with van der Waals surface area (Å²) in [4.78, 5) is 25.1. The van der Waals surface area contributed by atoms with E-state index in [2.05, 4.69) is 0 Å². The van der Waals surface area contributed by atoms with Gasteiger partial charge in [-0.25, -0.2) is 4.79 Å². The number of thioether (sulfide) groups is 1. The summed E-state index contributed by atoms with van der Waals surface area (Å²) in [5.41, 5.74) is 5.37. The van der Waals surface area contributed by atoms with Crippen molar-refractivity contribution in [2.75, 3.05) is 6.54 Å². The number of hydrogen-bond acceptors (Lipinski definition) is 5. The summed E-state index contributed by atoms with van der Waals surface area (Å²) >= 11 is 1.27. The van der Waals surface area contributed by atoms with Crippen molar-refractivity contribution in [1.82, 2.24) is 4.90 Å². The normalized spacial score (nSPS) is 27.7. The van der Waals surface area contributed by atoms with E-state index in [4.69, 9.17) is 5.73 Å². The summed E-state index contributed by atoms with van der Waals surface area (Å²) in [5, 5.41) is 20.5. The highest BCUT2D eigenvalue weighted by Gasteiger charge is 2.56. The maximum Gasteiger partial charge on any atom is 0.353 e. The van der Waals surface area contributed by atoms with Crippen molar-refractivity contribution in [3.8, 4) is 0 Å². The number of carboxylic acid groups (broad SMARTS) is 1. The molecule has 0 bridgehead atoms. The van der Waals surface area contributed by atoms with Gasteiger partial charge in [0.05, 0.1) is 18.1 Å². The molecular weight excluding hydrogens is 268 g/mol. The smallest absolute Gasteiger partial charge is 0.353 e. The number of aliphatic hydroxyl groups is 1. The van der Waals surface area contributed by atoms with Crippen LogP contribution in [0.5, 0.6) is 0 Å². The van der Waals surface area contributed by atoms with Crippen LogP contribution in [0.1, 0.15) is 13.3 Å². The van der Waals surface area contributed by atoms with E-state index >= 15 is 0 Å². The van der Waals surface area contributed by atoms with Gasteiger partial charge in [-0.3, -0.25) is 4.79 Å². The number of aliphatic hydroxyl groups excluding tert-OH is 1. The van der Waals surface area contributed by atoms with Gasteiger partial charge in [-0.05, 0) is 12.3 Å². The van der Waals surface area contributed by atoms with Crippen LogP contribution in [0.15, 0.2) is 22.1 Å². The zero-order chi connectivity index (χ0) is 14.2. The lowest BCUT2D eigenvalue weighted by molar-refractivity contribution is -0.161. The van der Waals surface area contributed by atoms with E-state index in [0.717, 1.165) is 0 Å². The van der Waals surface area contributed by atoms with Crippen LogP contribution in [0.3, 0.4) is 0 Å². The zero-order valence-electron chi connectivity index (χ0n) is 10.4. The first-order valence-corrected chi connectivity index (χ1v) is 6.86. The molecule has 19 heavy (non-hydrogen) atoms. The summed E-state index contributed by atoms with van der Waals surface area (Å²) in [6.45, 7) is 1.94. The van der Waals surface area contributed by atoms with Gasteiger partial charge >= 0.3 is 5.97 Å². The number of nitrogens with zero attached hydrogens (tertiary/aromatic N) is 1. The minimum Gasteiger partial charge on any atom is -0.477 e. The second kappa shape index (κ2) is 5.36. The Kier molecular flexibility index (Phi) is 3.98. The molecule has 2 aliphatic heterocycles. The molecule has 0 spiro atoms. The number of carboxylic acids is 1. The summed E-state index contributed by atoms with van der Waals surface area (Å²) in [7, 11) is 0. The number of nitrogens with two attached hydrogens (primary N) is 1. The Hall–Kier alpha value is -1.31. The topological polar surface area (TPSA) is 104 Å². The van der Waals surface area contributed by atoms with Crippen LogP contribution in [0.25, 0.3) is 0 Å². The van der Waals surface area contributed by atoms with Gasteiger partial charge in [-0.15, -0.1) is 11.8 Å². The highest BCUT2D eigenvalue weighted by molar-refractivity contribution is 8.05. The third kappa shape index (κ3) is 2.29. The fourth-order valence-electron chi connectivity index (χ4n) is 2.52. The van der Waals surface area contributed by atoms with Crippen LogP contribution in [-0.4, -0.2) is 45.7 Å². The number of aliphatic carboxylic acids is 1. The Balaban J connectivity index is 2.21. The first-order chi connectivity index (χ1) is 8.99. The van der Waals surface area contributed by atoms with Gasteiger partial charge in [0, 0.05) is 17.9 Å². The van der Waals surface area contributed by atoms with Crippen molar-refractivity contribution < 1.29 is 19.8 Å². The average Bonchev–Trinajstić information content (AvgIpc) is 2.64. The molecule has 0 aromatic heterocycles. The Morgan fingerprint density at radius 3 is 2.89 bits per heavy atom. The maximum absolute atomic E-state index is 11.9. The molecule has 0 aromatic carbocycles. The molecule has 4 N–H and O–H groups in total. The molecule has 104 valence electrons. The quantitative estimate of drug-likeness (QED) is 0.619. The predicted octanol–water partition coefficient (Wildman–Crippen LogP) is 0.0997. The van der Waals surface area contributed by atoms with Crippen LogP contribution < -0.4 is 5.73 Å². The van der Waals surface area contributed by atoms with Crippen molar-refractivity contribution in [3.05, 3.63) is 22.1 Å². The van der Waals surface area contributed by atoms with E-state index in [1.807, 2.05) is 0 Å². The predicted molar refractivity (Wildman–Crippen MR) is 70.9 cm³/mol. The van der Waals surface area contributed by atoms with Gasteiger partial charge in [-0.1, -0.05) is 6.08 Å². The van der Waals surface area contributed by atoms with Gasteiger partial charge in [0.1, 0.15) is 5.70 Å². The zero-order valence-corrected chi connectivity index (χ0v) is 11.3. The molecule has 2 heterocycles. The summed E-state index contributed by atoms with van der Waals surface area (Å²) in [6.07, 6.45) is 1.44. The van der Waals surface area contributed by atoms with Gasteiger partial charge < -0.3 is 20.8 Å². The van der Waals surface area contributed by atoms with Gasteiger partial charge in [0.15, 0.2) is 0 Å². The molecular formula is C12H16N2O4S. The Bertz CT molecular complexity index is 472. The molecule has 1 saturated heterocycles. The van der Waals surface area contributed by atoms with Gasteiger partial charge in [0.2, 0.25) is 5.91 Å². The largest absolute Gasteiger partial charge is 0.477 e. The molecule has 2 rings (SSSR count). The van der Waals surface area contributed by atoms with E-state index < -0.39 is 18.0 Å². The lowest BCUT2D eigenvalue weighted by atomic mass is 9.83. The lowest BCUT2D eigenvalue weighted by Crippen LogP contribution is -2.61. The Labute approximate surface area is 114 Å². The fourth-order valence-corrected chi connectivity index (χ4v) is 3.46. The number of amides is 1. The molecule has 1 amide bonds. The number of fused-ring (bicyclic) bond motifs is 1. The second-order valence-corrected chi connectivity index (χ2v) is 5.55. The molecule has 0 radical (unpaired) electrons. The average molecular weight is 284 g/mol. The Morgan fingerprint density at radius 2 is 2.37 bits per heavy atom. The van der Waals surface area contributed by atoms with Crippen molar-refractivity contribution in [3.63, 3.8) is 0 Å². The molecule has 6 nitrogen and oxygen atoms in total. The van der Waals surface area contributed by atoms with Gasteiger partial charge in [-0.2, -0.15) is 0 Å². The molecule has 7 heteroatoms. The van der Waals surface area contributed by atoms with E-state index in [-0.39, 0.29) is 17.6 Å². The molecule has 2 aliphatic rings. The molecule has 1 fully saturated rings. The van der Waals surface area contributed by atoms with E-state index in [1.54, 1.807) is 18.4 Å². The third-order valence-electron chi connectivity index (χ3n) is 3.33. The molecule has 0 aliphatic carbocycles. The van der Waals surface area contributed by atoms with Crippen LogP contribution in [0, 0.1) is 5.92 Å². The highest BCUT2D eigenvalue weighted by Crippen LogP contribution is 2.47. The van der Waals surface area contributed by atoms with E-state index in [9.17, 15) is 19.8 Å². The number of carbonyl (C=O) groups is 2. The van der Waals surface area contributed by atoms with E-state index in [0.29, 0.717) is 17.9 Å². The summed E-state index contributed by atoms with van der Waals surface area (Å²) in [6, 6.07) is -0.229. The number of rotatable bonds is 5. The molecule has 0 saturated carbocycles. The van der Waals surface area contributed by atoms with Crippen LogP contribution in [-0.2, 0) is 9.59 Å². The standard InChI is InChI=1S/C12H16N2O4S/c1-6(15)9-7-5-8(19-4-2-3-13)10(12(17)18)14(7)11(9)16/h2,4,6-7,9,15H,3,5,13H2,1H3,(H,17,18)/b4-2+/t6-,7+,9-/m0/s1. The van der Waals surface area contributed by atoms with Crippen molar-refractivity contribution in [1.29, 1.82) is 0 Å². The van der Waals surface area contributed by atoms with Gasteiger partial charge in [0.25, 0.3) is 0 Å². The lowest BCUT2D eigenvalue weighted by Gasteiger charge is -2.44. The number of carbonyl (C=O) groups excluding carboxylic acids is 1. The van der Waals surface area contributed by atoms with Crippen LogP contribution >= 0.6 is 11.8 Å². The summed E-state index contributed by atoms with van der Waals surface area (Å²) < 4.78 is 0. The minimum atomic E-state index is -1.11. The van der Waals surface area contributed by atoms with E-state index in [1.165, 1.54) is 16.7 Å². The Morgan fingerprint density at radius 1 is 1.68 bits per heavy atom. The fraction of sp³-hybridized carbons (Fsp3) is 0.500. The van der Waals surface area contributed by atoms with Crippen molar-refractivity contribution in [2.24, 2.45) is 11.7 Å². The van der Waals surface area contributed by atoms with Crippen molar-refractivity contribution in [2.45, 2.75) is 25.5 Å². The number of hydrogen-bond donors (Lipinski definition) is 3. The molecule has 3 atom stereocenters. The number of β-lactam (4-membered cyclic amide) rings is 1. The first kappa shape index (κ1) is 14.1. The minimum absolute atomic E-state index is 0.0403. The van der Waals surface area contributed by atoms with Crippen LogP contribution in [0.4, 0.5) is 0 Å². The third-order valence-corrected chi connectivity index (χ3v) is 4.31. The monoisotopic (exact) mass is 284 g/mol. The SMILES string of the molecule is C[C@H](O)[C@@H]1C(=O)N2C(C(=O)O)=C(S/C=C/CN)C[C@H]12. The molecule has 0 aromatic rings. The highest BCUT2D eigenvalue weighted by atomic mass is 32.2.